The number of nitriles is 1. The number of benzene rings is 2. The Morgan fingerprint density at radius 2 is 1.94 bits per heavy atom. The Kier molecular flexibility index (Phi) is 3.20. The Hall–Kier alpha value is -2.14. The van der Waals surface area contributed by atoms with Gasteiger partial charge in [0.1, 0.15) is 5.82 Å². The van der Waals surface area contributed by atoms with Crippen molar-refractivity contribution in [3.8, 4) is 17.2 Å². The summed E-state index contributed by atoms with van der Waals surface area (Å²) in [5.74, 6) is -0.374. The summed E-state index contributed by atoms with van der Waals surface area (Å²) in [6.45, 7) is 2.07. The first-order valence-electron chi connectivity index (χ1n) is 5.53. The van der Waals surface area contributed by atoms with Gasteiger partial charge in [-0.1, -0.05) is 31.2 Å². The first kappa shape index (κ1) is 11.3. The van der Waals surface area contributed by atoms with Crippen LogP contribution >= 0.6 is 0 Å². The van der Waals surface area contributed by atoms with E-state index in [0.717, 1.165) is 17.5 Å². The molecule has 84 valence electrons. The summed E-state index contributed by atoms with van der Waals surface area (Å²) < 4.78 is 13.3. The smallest absolute Gasteiger partial charge is 0.125 e. The van der Waals surface area contributed by atoms with Gasteiger partial charge in [-0.05, 0) is 41.3 Å². The molecular formula is C15H12FN. The van der Waals surface area contributed by atoms with Crippen molar-refractivity contribution in [1.29, 1.82) is 5.26 Å². The second-order valence-corrected chi connectivity index (χ2v) is 3.89. The number of aryl methyl sites for hydroxylation is 1. The first-order valence-corrected chi connectivity index (χ1v) is 5.53. The fourth-order valence-corrected chi connectivity index (χ4v) is 1.79. The molecule has 2 rings (SSSR count). The summed E-state index contributed by atoms with van der Waals surface area (Å²) >= 11 is 0. The van der Waals surface area contributed by atoms with Gasteiger partial charge in [0.2, 0.25) is 0 Å². The SMILES string of the molecule is CCc1cccc(-c2cc(F)cc(C#N)c2)c1. The highest BCUT2D eigenvalue weighted by molar-refractivity contribution is 5.66. The molecule has 0 aliphatic carbocycles. The van der Waals surface area contributed by atoms with Gasteiger partial charge >= 0.3 is 0 Å². The van der Waals surface area contributed by atoms with Gasteiger partial charge < -0.3 is 0 Å². The lowest BCUT2D eigenvalue weighted by molar-refractivity contribution is 0.628. The summed E-state index contributed by atoms with van der Waals surface area (Å²) in [6, 6.07) is 14.3. The molecule has 0 aliphatic rings. The summed E-state index contributed by atoms with van der Waals surface area (Å²) in [5, 5.41) is 8.82. The van der Waals surface area contributed by atoms with Crippen LogP contribution in [0.25, 0.3) is 11.1 Å². The molecule has 0 bridgehead atoms. The number of nitrogens with zero attached hydrogens (tertiary/aromatic N) is 1. The molecule has 0 aromatic heterocycles. The van der Waals surface area contributed by atoms with Crippen LogP contribution in [-0.4, -0.2) is 0 Å². The topological polar surface area (TPSA) is 23.8 Å². The lowest BCUT2D eigenvalue weighted by Gasteiger charge is -2.05. The van der Waals surface area contributed by atoms with Crippen molar-refractivity contribution in [2.24, 2.45) is 0 Å². The zero-order valence-electron chi connectivity index (χ0n) is 9.57. The molecule has 17 heavy (non-hydrogen) atoms. The summed E-state index contributed by atoms with van der Waals surface area (Å²) in [4.78, 5) is 0. The highest BCUT2D eigenvalue weighted by Gasteiger charge is 2.03. The molecule has 0 saturated carbocycles. The maximum atomic E-state index is 13.3. The van der Waals surface area contributed by atoms with Crippen molar-refractivity contribution < 1.29 is 4.39 Å². The van der Waals surface area contributed by atoms with Gasteiger partial charge in [0.15, 0.2) is 0 Å². The zero-order valence-corrected chi connectivity index (χ0v) is 9.57. The van der Waals surface area contributed by atoms with Gasteiger partial charge in [-0.2, -0.15) is 5.26 Å². The van der Waals surface area contributed by atoms with Crippen LogP contribution in [0.1, 0.15) is 18.1 Å². The second kappa shape index (κ2) is 4.80. The number of halogens is 1. The van der Waals surface area contributed by atoms with Crippen LogP contribution < -0.4 is 0 Å². The normalized spacial score (nSPS) is 9.94. The Balaban J connectivity index is 2.52. The van der Waals surface area contributed by atoms with Gasteiger partial charge in [0.25, 0.3) is 0 Å². The summed E-state index contributed by atoms with van der Waals surface area (Å²) in [6.07, 6.45) is 0.939. The van der Waals surface area contributed by atoms with Crippen LogP contribution in [0.4, 0.5) is 4.39 Å². The molecule has 0 atom stereocenters. The Morgan fingerprint density at radius 1 is 1.12 bits per heavy atom. The van der Waals surface area contributed by atoms with Gasteiger partial charge in [0.05, 0.1) is 11.6 Å². The molecule has 1 nitrogen and oxygen atoms in total. The van der Waals surface area contributed by atoms with E-state index < -0.39 is 0 Å². The zero-order chi connectivity index (χ0) is 12.3. The van der Waals surface area contributed by atoms with E-state index in [9.17, 15) is 4.39 Å². The highest BCUT2D eigenvalue weighted by atomic mass is 19.1. The van der Waals surface area contributed by atoms with Gasteiger partial charge in [0, 0.05) is 0 Å². The third-order valence-electron chi connectivity index (χ3n) is 2.70. The Labute approximate surface area is 100 Å². The predicted octanol–water partition coefficient (Wildman–Crippen LogP) is 3.93. The standard InChI is InChI=1S/C15H12FN/c1-2-11-4-3-5-13(6-11)14-7-12(10-17)8-15(16)9-14/h3-9H,2H2,1H3. The van der Waals surface area contributed by atoms with Crippen LogP contribution in [0, 0.1) is 17.1 Å². The van der Waals surface area contributed by atoms with Crippen molar-refractivity contribution in [1.82, 2.24) is 0 Å². The summed E-state index contributed by atoms with van der Waals surface area (Å²) in [5.41, 5.74) is 3.24. The van der Waals surface area contributed by atoms with Crippen molar-refractivity contribution in [3.05, 3.63) is 59.4 Å². The fourth-order valence-electron chi connectivity index (χ4n) is 1.79. The van der Waals surface area contributed by atoms with E-state index in [0.29, 0.717) is 5.56 Å². The van der Waals surface area contributed by atoms with E-state index in [-0.39, 0.29) is 5.82 Å². The summed E-state index contributed by atoms with van der Waals surface area (Å²) in [7, 11) is 0. The van der Waals surface area contributed by atoms with Crippen molar-refractivity contribution in [3.63, 3.8) is 0 Å². The van der Waals surface area contributed by atoms with Crippen molar-refractivity contribution in [2.45, 2.75) is 13.3 Å². The van der Waals surface area contributed by atoms with E-state index in [1.165, 1.54) is 17.7 Å². The minimum Gasteiger partial charge on any atom is -0.207 e. The monoisotopic (exact) mass is 225 g/mol. The molecule has 0 N–H and O–H groups in total. The highest BCUT2D eigenvalue weighted by Crippen LogP contribution is 2.23. The van der Waals surface area contributed by atoms with Crippen molar-refractivity contribution >= 4 is 0 Å². The van der Waals surface area contributed by atoms with E-state index in [1.807, 2.05) is 30.3 Å². The van der Waals surface area contributed by atoms with E-state index in [1.54, 1.807) is 6.07 Å². The Bertz CT molecular complexity index is 582. The maximum Gasteiger partial charge on any atom is 0.125 e. The second-order valence-electron chi connectivity index (χ2n) is 3.89. The number of hydrogen-bond donors (Lipinski definition) is 0. The third-order valence-corrected chi connectivity index (χ3v) is 2.70. The maximum absolute atomic E-state index is 13.3. The molecule has 2 aromatic rings. The molecule has 0 radical (unpaired) electrons. The molecular weight excluding hydrogens is 213 g/mol. The van der Waals surface area contributed by atoms with Crippen LogP contribution in [-0.2, 0) is 6.42 Å². The van der Waals surface area contributed by atoms with Gasteiger partial charge in [-0.25, -0.2) is 4.39 Å². The molecule has 0 spiro atoms. The molecule has 0 aliphatic heterocycles. The molecule has 0 heterocycles. The quantitative estimate of drug-likeness (QED) is 0.759. The van der Waals surface area contributed by atoms with Gasteiger partial charge in [-0.3, -0.25) is 0 Å². The molecule has 0 unspecified atom stereocenters. The van der Waals surface area contributed by atoms with Crippen LogP contribution in [0.15, 0.2) is 42.5 Å². The average molecular weight is 225 g/mol. The van der Waals surface area contributed by atoms with E-state index in [2.05, 4.69) is 6.92 Å². The van der Waals surface area contributed by atoms with E-state index >= 15 is 0 Å². The van der Waals surface area contributed by atoms with Crippen LogP contribution in [0.2, 0.25) is 0 Å². The third kappa shape index (κ3) is 2.51. The van der Waals surface area contributed by atoms with Crippen molar-refractivity contribution in [2.75, 3.05) is 0 Å². The predicted molar refractivity (Wildman–Crippen MR) is 65.9 cm³/mol. The average Bonchev–Trinajstić information content (AvgIpc) is 2.38. The molecule has 0 saturated heterocycles. The molecule has 0 amide bonds. The number of rotatable bonds is 2. The largest absolute Gasteiger partial charge is 0.207 e. The molecule has 0 fully saturated rings. The minimum atomic E-state index is -0.374. The fraction of sp³-hybridized carbons (Fsp3) is 0.133. The van der Waals surface area contributed by atoms with E-state index in [4.69, 9.17) is 5.26 Å². The van der Waals surface area contributed by atoms with Gasteiger partial charge in [-0.15, -0.1) is 0 Å². The lowest BCUT2D eigenvalue weighted by Crippen LogP contribution is -1.86. The molecule has 2 aromatic carbocycles. The van der Waals surface area contributed by atoms with Crippen LogP contribution in [0.3, 0.4) is 0 Å². The minimum absolute atomic E-state index is 0.349. The first-order chi connectivity index (χ1) is 8.22. The van der Waals surface area contributed by atoms with Crippen LogP contribution in [0.5, 0.6) is 0 Å². The lowest BCUT2D eigenvalue weighted by atomic mass is 10.0. The Morgan fingerprint density at radius 3 is 2.65 bits per heavy atom. The molecule has 2 heteroatoms. The number of hydrogen-bond acceptors (Lipinski definition) is 1.